The van der Waals surface area contributed by atoms with Gasteiger partial charge in [0.05, 0.1) is 5.41 Å². The number of carbonyl (C=O) groups is 2. The molecule has 1 aromatic rings. The lowest BCUT2D eigenvalue weighted by Crippen LogP contribution is -2.19. The van der Waals surface area contributed by atoms with Gasteiger partial charge in [0, 0.05) is 12.0 Å². The highest BCUT2D eigenvalue weighted by Crippen LogP contribution is 2.48. The van der Waals surface area contributed by atoms with Gasteiger partial charge < -0.3 is 5.11 Å². The van der Waals surface area contributed by atoms with Crippen LogP contribution < -0.4 is 0 Å². The number of hydrogen-bond donors (Lipinski definition) is 1. The maximum atomic E-state index is 11.8. The minimum Gasteiger partial charge on any atom is -0.481 e. The number of Topliss-reactive ketones (excluding diaryl/α,β-unsaturated/α-hetero) is 1. The predicted octanol–water partition coefficient (Wildman–Crippen LogP) is 2.79. The summed E-state index contributed by atoms with van der Waals surface area (Å²) in [7, 11) is 0. The van der Waals surface area contributed by atoms with Gasteiger partial charge in [0.1, 0.15) is 0 Å². The summed E-state index contributed by atoms with van der Waals surface area (Å²) in [5.41, 5.74) is 0.687. The van der Waals surface area contributed by atoms with E-state index in [1.54, 1.807) is 18.2 Å². The van der Waals surface area contributed by atoms with Crippen molar-refractivity contribution in [3.63, 3.8) is 0 Å². The van der Waals surface area contributed by atoms with Gasteiger partial charge in [0.25, 0.3) is 0 Å². The smallest absolute Gasteiger partial charge is 0.314 e. The van der Waals surface area contributed by atoms with Crippen molar-refractivity contribution in [2.75, 3.05) is 0 Å². The van der Waals surface area contributed by atoms with E-state index in [2.05, 4.69) is 0 Å². The topological polar surface area (TPSA) is 54.4 Å². The third-order valence-electron chi connectivity index (χ3n) is 3.37. The highest BCUT2D eigenvalue weighted by atomic mass is 16.4. The Morgan fingerprint density at radius 2 is 2.06 bits per heavy atom. The third kappa shape index (κ3) is 2.09. The lowest BCUT2D eigenvalue weighted by Gasteiger charge is -2.11. The molecule has 1 saturated carbocycles. The summed E-state index contributed by atoms with van der Waals surface area (Å²) in [4.78, 5) is 23.0. The van der Waals surface area contributed by atoms with E-state index in [-0.39, 0.29) is 5.78 Å². The molecule has 0 aliphatic heterocycles. The Kier molecular flexibility index (Phi) is 3.01. The van der Waals surface area contributed by atoms with Crippen LogP contribution in [-0.4, -0.2) is 16.9 Å². The number of aliphatic carboxylic acids is 1. The number of benzene rings is 1. The summed E-state index contributed by atoms with van der Waals surface area (Å²) in [5, 5.41) is 9.21. The molecule has 0 atom stereocenters. The average Bonchev–Trinajstić information content (AvgIpc) is 3.11. The van der Waals surface area contributed by atoms with E-state index in [9.17, 15) is 14.7 Å². The van der Waals surface area contributed by atoms with Crippen molar-refractivity contribution in [1.29, 1.82) is 0 Å². The van der Waals surface area contributed by atoms with Crippen LogP contribution in [0.25, 0.3) is 0 Å². The number of rotatable bonds is 5. The normalized spacial score (nSPS) is 16.5. The summed E-state index contributed by atoms with van der Waals surface area (Å²) >= 11 is 0. The molecule has 2 rings (SSSR count). The molecule has 17 heavy (non-hydrogen) atoms. The van der Waals surface area contributed by atoms with Crippen LogP contribution in [0, 0.1) is 0 Å². The van der Waals surface area contributed by atoms with E-state index in [1.165, 1.54) is 0 Å². The van der Waals surface area contributed by atoms with Crippen molar-refractivity contribution >= 4 is 11.8 Å². The van der Waals surface area contributed by atoms with Crippen molar-refractivity contribution in [2.45, 2.75) is 38.0 Å². The third-order valence-corrected chi connectivity index (χ3v) is 3.37. The quantitative estimate of drug-likeness (QED) is 0.794. The molecule has 1 aromatic carbocycles. The highest BCUT2D eigenvalue weighted by molar-refractivity contribution is 5.96. The largest absolute Gasteiger partial charge is 0.481 e. The van der Waals surface area contributed by atoms with Crippen LogP contribution in [-0.2, 0) is 10.2 Å². The standard InChI is InChI=1S/C14H16O3/c1-2-4-12(15)10-5-3-6-11(9-10)14(7-8-14)13(16)17/h3,5-6,9H,2,4,7-8H2,1H3,(H,16,17). The van der Waals surface area contributed by atoms with Crippen molar-refractivity contribution in [3.8, 4) is 0 Å². The molecule has 0 bridgehead atoms. The highest BCUT2D eigenvalue weighted by Gasteiger charge is 2.51. The average molecular weight is 232 g/mol. The zero-order chi connectivity index (χ0) is 12.5. The van der Waals surface area contributed by atoms with Crippen molar-refractivity contribution in [3.05, 3.63) is 35.4 Å². The first-order valence-electron chi connectivity index (χ1n) is 5.97. The number of carboxylic acids is 1. The molecule has 90 valence electrons. The zero-order valence-corrected chi connectivity index (χ0v) is 9.90. The fraction of sp³-hybridized carbons (Fsp3) is 0.429. The number of carboxylic acid groups (broad SMARTS) is 1. The summed E-state index contributed by atoms with van der Waals surface area (Å²) in [6.07, 6.45) is 2.68. The van der Waals surface area contributed by atoms with Gasteiger partial charge in [0.15, 0.2) is 5.78 Å². The molecule has 1 fully saturated rings. The van der Waals surface area contributed by atoms with Crippen molar-refractivity contribution in [1.82, 2.24) is 0 Å². The second-order valence-electron chi connectivity index (χ2n) is 4.64. The van der Waals surface area contributed by atoms with Crippen LogP contribution in [0.5, 0.6) is 0 Å². The van der Waals surface area contributed by atoms with Gasteiger partial charge in [-0.15, -0.1) is 0 Å². The Labute approximate surface area is 100 Å². The summed E-state index contributed by atoms with van der Waals surface area (Å²) in [6.45, 7) is 1.96. The molecule has 3 nitrogen and oxygen atoms in total. The van der Waals surface area contributed by atoms with Crippen molar-refractivity contribution in [2.24, 2.45) is 0 Å². The molecular formula is C14H16O3. The SMILES string of the molecule is CCCC(=O)c1cccc(C2(C(=O)O)CC2)c1. The van der Waals surface area contributed by atoms with Gasteiger partial charge in [-0.3, -0.25) is 9.59 Å². The number of hydrogen-bond acceptors (Lipinski definition) is 2. The monoisotopic (exact) mass is 232 g/mol. The summed E-state index contributed by atoms with van der Waals surface area (Å²) in [5.74, 6) is -0.687. The molecule has 0 aromatic heterocycles. The maximum absolute atomic E-state index is 11.8. The minimum absolute atomic E-state index is 0.0931. The molecule has 1 N–H and O–H groups in total. The Bertz CT molecular complexity index is 458. The Balaban J connectivity index is 2.29. The molecule has 0 spiro atoms. The Morgan fingerprint density at radius 3 is 2.59 bits per heavy atom. The van der Waals surface area contributed by atoms with E-state index < -0.39 is 11.4 Å². The Morgan fingerprint density at radius 1 is 1.35 bits per heavy atom. The number of carbonyl (C=O) groups excluding carboxylic acids is 1. The first-order valence-corrected chi connectivity index (χ1v) is 5.97. The van der Waals surface area contributed by atoms with E-state index in [0.29, 0.717) is 24.8 Å². The van der Waals surface area contributed by atoms with E-state index >= 15 is 0 Å². The van der Waals surface area contributed by atoms with Crippen LogP contribution in [0.15, 0.2) is 24.3 Å². The van der Waals surface area contributed by atoms with Crippen LogP contribution in [0.1, 0.15) is 48.5 Å². The molecule has 1 aliphatic rings. The van der Waals surface area contributed by atoms with Gasteiger partial charge >= 0.3 is 5.97 Å². The van der Waals surface area contributed by atoms with Gasteiger partial charge in [-0.25, -0.2) is 0 Å². The molecule has 0 saturated heterocycles. The van der Waals surface area contributed by atoms with Crippen molar-refractivity contribution < 1.29 is 14.7 Å². The van der Waals surface area contributed by atoms with Gasteiger partial charge in [-0.05, 0) is 30.9 Å². The van der Waals surface area contributed by atoms with E-state index in [0.717, 1.165) is 12.0 Å². The molecule has 0 unspecified atom stereocenters. The second-order valence-corrected chi connectivity index (χ2v) is 4.64. The fourth-order valence-corrected chi connectivity index (χ4v) is 2.11. The van der Waals surface area contributed by atoms with Crippen LogP contribution >= 0.6 is 0 Å². The van der Waals surface area contributed by atoms with Gasteiger partial charge in [0.2, 0.25) is 0 Å². The summed E-state index contributed by atoms with van der Waals surface area (Å²) < 4.78 is 0. The Hall–Kier alpha value is -1.64. The van der Waals surface area contributed by atoms with Gasteiger partial charge in [-0.1, -0.05) is 25.1 Å². The molecule has 0 heterocycles. The fourth-order valence-electron chi connectivity index (χ4n) is 2.11. The first-order chi connectivity index (χ1) is 8.10. The summed E-state index contributed by atoms with van der Waals surface area (Å²) in [6, 6.07) is 7.10. The van der Waals surface area contributed by atoms with Crippen LogP contribution in [0.3, 0.4) is 0 Å². The van der Waals surface area contributed by atoms with E-state index in [4.69, 9.17) is 0 Å². The molecule has 0 radical (unpaired) electrons. The molecule has 0 amide bonds. The molecular weight excluding hydrogens is 216 g/mol. The molecule has 1 aliphatic carbocycles. The predicted molar refractivity (Wildman–Crippen MR) is 64.2 cm³/mol. The minimum atomic E-state index is -0.780. The maximum Gasteiger partial charge on any atom is 0.314 e. The second kappa shape index (κ2) is 4.32. The first kappa shape index (κ1) is 11.8. The van der Waals surface area contributed by atoms with Gasteiger partial charge in [-0.2, -0.15) is 0 Å². The van der Waals surface area contributed by atoms with Crippen LogP contribution in [0.4, 0.5) is 0 Å². The number of ketones is 1. The lowest BCUT2D eigenvalue weighted by molar-refractivity contribution is -0.140. The zero-order valence-electron chi connectivity index (χ0n) is 9.90. The lowest BCUT2D eigenvalue weighted by atomic mass is 9.93. The van der Waals surface area contributed by atoms with Crippen LogP contribution in [0.2, 0.25) is 0 Å². The molecule has 3 heteroatoms. The van der Waals surface area contributed by atoms with E-state index in [1.807, 2.05) is 13.0 Å².